The molecule has 5 nitrogen and oxygen atoms in total. The summed E-state index contributed by atoms with van der Waals surface area (Å²) in [7, 11) is 0. The Kier molecular flexibility index (Phi) is 11.3. The highest BCUT2D eigenvalue weighted by Crippen LogP contribution is 2.17. The fraction of sp³-hybridized carbons (Fsp3) is 0.412. The zero-order valence-corrected chi connectivity index (χ0v) is 17.5. The minimum Gasteiger partial charge on any atom is -0.357 e. The van der Waals surface area contributed by atoms with Crippen LogP contribution in [-0.4, -0.2) is 41.1 Å². The van der Waals surface area contributed by atoms with E-state index in [1.807, 2.05) is 23.9 Å². The molecule has 0 bridgehead atoms. The van der Waals surface area contributed by atoms with Crippen LogP contribution in [0.2, 0.25) is 0 Å². The topological polar surface area (TPSA) is 54.2 Å². The molecule has 138 valence electrons. The Hall–Kier alpha value is -1.29. The van der Waals surface area contributed by atoms with E-state index in [2.05, 4.69) is 20.7 Å². The van der Waals surface area contributed by atoms with Gasteiger partial charge in [0, 0.05) is 49.2 Å². The standard InChI is InChI=1S/C17H24FN5S.HI/c1-2-19-17(20-9-3-12-23-13-4-10-22-23)21-11-14-24-16-7-5-15(18)6-8-16;/h4-8,10,13H,2-3,9,11-12,14H2,1H3,(H2,19,20,21);1H. The number of hydrogen-bond acceptors (Lipinski definition) is 3. The summed E-state index contributed by atoms with van der Waals surface area (Å²) in [6, 6.07) is 8.50. The number of benzene rings is 1. The molecule has 0 amide bonds. The summed E-state index contributed by atoms with van der Waals surface area (Å²) in [4.78, 5) is 5.63. The van der Waals surface area contributed by atoms with E-state index in [0.717, 1.165) is 49.2 Å². The molecule has 2 N–H and O–H groups in total. The number of hydrogen-bond donors (Lipinski definition) is 2. The van der Waals surface area contributed by atoms with Gasteiger partial charge < -0.3 is 10.6 Å². The maximum Gasteiger partial charge on any atom is 0.191 e. The minimum atomic E-state index is -0.200. The Morgan fingerprint density at radius 3 is 2.76 bits per heavy atom. The molecule has 0 aliphatic heterocycles. The molecular weight excluding hydrogens is 452 g/mol. The molecule has 0 unspecified atom stereocenters. The predicted octanol–water partition coefficient (Wildman–Crippen LogP) is 3.38. The van der Waals surface area contributed by atoms with Crippen LogP contribution in [0, 0.1) is 5.82 Å². The zero-order valence-electron chi connectivity index (χ0n) is 14.3. The number of halogens is 2. The van der Waals surface area contributed by atoms with Crippen molar-refractivity contribution in [2.24, 2.45) is 4.99 Å². The van der Waals surface area contributed by atoms with Crippen molar-refractivity contribution in [3.63, 3.8) is 0 Å². The number of aryl methyl sites for hydroxylation is 1. The first kappa shape index (κ1) is 21.8. The third-order valence-corrected chi connectivity index (χ3v) is 4.21. The van der Waals surface area contributed by atoms with Crippen molar-refractivity contribution in [1.82, 2.24) is 20.4 Å². The summed E-state index contributed by atoms with van der Waals surface area (Å²) in [6.45, 7) is 5.30. The molecular formula is C17H25FIN5S. The van der Waals surface area contributed by atoms with E-state index in [1.165, 1.54) is 12.1 Å². The number of guanidine groups is 1. The van der Waals surface area contributed by atoms with Crippen LogP contribution in [0.1, 0.15) is 13.3 Å². The third-order valence-electron chi connectivity index (χ3n) is 3.20. The molecule has 0 radical (unpaired) electrons. The van der Waals surface area contributed by atoms with Crippen LogP contribution in [-0.2, 0) is 6.54 Å². The number of nitrogens with zero attached hydrogens (tertiary/aromatic N) is 3. The van der Waals surface area contributed by atoms with Crippen molar-refractivity contribution in [2.75, 3.05) is 25.4 Å². The Balaban J connectivity index is 0.00000312. The molecule has 0 spiro atoms. The molecule has 0 saturated carbocycles. The fourth-order valence-corrected chi connectivity index (χ4v) is 2.84. The van der Waals surface area contributed by atoms with Crippen LogP contribution >= 0.6 is 35.7 Å². The summed E-state index contributed by atoms with van der Waals surface area (Å²) < 4.78 is 14.8. The van der Waals surface area contributed by atoms with E-state index in [0.29, 0.717) is 0 Å². The highest BCUT2D eigenvalue weighted by molar-refractivity contribution is 14.0. The van der Waals surface area contributed by atoms with Gasteiger partial charge in [0.15, 0.2) is 5.96 Å². The number of nitrogens with one attached hydrogen (secondary N) is 2. The zero-order chi connectivity index (χ0) is 17.0. The van der Waals surface area contributed by atoms with Gasteiger partial charge in [0.2, 0.25) is 0 Å². The Morgan fingerprint density at radius 2 is 2.08 bits per heavy atom. The SMILES string of the molecule is CCNC(=NCCCn1cccn1)NCCSc1ccc(F)cc1.I. The van der Waals surface area contributed by atoms with Gasteiger partial charge in [-0.15, -0.1) is 35.7 Å². The predicted molar refractivity (Wildman–Crippen MR) is 113 cm³/mol. The maximum atomic E-state index is 12.9. The quantitative estimate of drug-likeness (QED) is 0.191. The highest BCUT2D eigenvalue weighted by Gasteiger charge is 1.99. The van der Waals surface area contributed by atoms with Gasteiger partial charge in [-0.05, 0) is 43.7 Å². The number of rotatable bonds is 9. The lowest BCUT2D eigenvalue weighted by Crippen LogP contribution is -2.38. The van der Waals surface area contributed by atoms with Gasteiger partial charge in [-0.3, -0.25) is 9.67 Å². The van der Waals surface area contributed by atoms with Crippen molar-refractivity contribution in [3.8, 4) is 0 Å². The van der Waals surface area contributed by atoms with Crippen molar-refractivity contribution < 1.29 is 4.39 Å². The maximum absolute atomic E-state index is 12.9. The Labute approximate surface area is 169 Å². The van der Waals surface area contributed by atoms with Gasteiger partial charge in [-0.25, -0.2) is 4.39 Å². The molecule has 1 aromatic carbocycles. The van der Waals surface area contributed by atoms with Gasteiger partial charge in [-0.2, -0.15) is 5.10 Å². The number of aromatic nitrogens is 2. The smallest absolute Gasteiger partial charge is 0.191 e. The lowest BCUT2D eigenvalue weighted by Gasteiger charge is -2.11. The monoisotopic (exact) mass is 477 g/mol. The van der Waals surface area contributed by atoms with E-state index in [-0.39, 0.29) is 29.8 Å². The second-order valence-electron chi connectivity index (χ2n) is 5.11. The second kappa shape index (κ2) is 13.0. The lowest BCUT2D eigenvalue weighted by molar-refractivity contribution is 0.584. The molecule has 8 heteroatoms. The Morgan fingerprint density at radius 1 is 1.28 bits per heavy atom. The normalized spacial score (nSPS) is 11.0. The minimum absolute atomic E-state index is 0. The van der Waals surface area contributed by atoms with Gasteiger partial charge in [0.05, 0.1) is 0 Å². The van der Waals surface area contributed by atoms with Crippen LogP contribution in [0.25, 0.3) is 0 Å². The molecule has 2 rings (SSSR count). The van der Waals surface area contributed by atoms with Crippen molar-refractivity contribution >= 4 is 41.7 Å². The molecule has 1 aromatic heterocycles. The van der Waals surface area contributed by atoms with E-state index in [9.17, 15) is 4.39 Å². The summed E-state index contributed by atoms with van der Waals surface area (Å²) >= 11 is 1.69. The van der Waals surface area contributed by atoms with Crippen molar-refractivity contribution in [1.29, 1.82) is 0 Å². The molecule has 0 aliphatic carbocycles. The fourth-order valence-electron chi connectivity index (χ4n) is 2.07. The molecule has 25 heavy (non-hydrogen) atoms. The molecule has 0 atom stereocenters. The molecule has 0 saturated heterocycles. The largest absolute Gasteiger partial charge is 0.357 e. The summed E-state index contributed by atoms with van der Waals surface area (Å²) in [6.07, 6.45) is 4.69. The van der Waals surface area contributed by atoms with Crippen LogP contribution in [0.4, 0.5) is 4.39 Å². The van der Waals surface area contributed by atoms with Gasteiger partial charge in [0.1, 0.15) is 5.82 Å². The number of thioether (sulfide) groups is 1. The van der Waals surface area contributed by atoms with E-state index >= 15 is 0 Å². The van der Waals surface area contributed by atoms with Crippen LogP contribution < -0.4 is 10.6 Å². The van der Waals surface area contributed by atoms with Crippen LogP contribution in [0.15, 0.2) is 52.6 Å². The first-order chi connectivity index (χ1) is 11.8. The van der Waals surface area contributed by atoms with E-state index < -0.39 is 0 Å². The van der Waals surface area contributed by atoms with Crippen LogP contribution in [0.3, 0.4) is 0 Å². The highest BCUT2D eigenvalue weighted by atomic mass is 127. The van der Waals surface area contributed by atoms with E-state index in [4.69, 9.17) is 0 Å². The second-order valence-corrected chi connectivity index (χ2v) is 6.28. The molecule has 1 heterocycles. The summed E-state index contributed by atoms with van der Waals surface area (Å²) in [5.41, 5.74) is 0. The molecule has 0 fully saturated rings. The summed E-state index contributed by atoms with van der Waals surface area (Å²) in [5.74, 6) is 1.52. The Bertz CT molecular complexity index is 604. The van der Waals surface area contributed by atoms with Gasteiger partial charge in [0.25, 0.3) is 0 Å². The van der Waals surface area contributed by atoms with Gasteiger partial charge >= 0.3 is 0 Å². The molecule has 0 aliphatic rings. The van der Waals surface area contributed by atoms with Gasteiger partial charge in [-0.1, -0.05) is 0 Å². The lowest BCUT2D eigenvalue weighted by atomic mass is 10.4. The molecule has 2 aromatic rings. The first-order valence-corrected chi connectivity index (χ1v) is 9.14. The van der Waals surface area contributed by atoms with Crippen LogP contribution in [0.5, 0.6) is 0 Å². The van der Waals surface area contributed by atoms with Crippen molar-refractivity contribution in [3.05, 3.63) is 48.5 Å². The average molecular weight is 477 g/mol. The summed E-state index contributed by atoms with van der Waals surface area (Å²) in [5, 5.41) is 10.7. The van der Waals surface area contributed by atoms with Crippen molar-refractivity contribution in [2.45, 2.75) is 24.8 Å². The first-order valence-electron chi connectivity index (χ1n) is 8.16. The average Bonchev–Trinajstić information content (AvgIpc) is 3.10. The van der Waals surface area contributed by atoms with E-state index in [1.54, 1.807) is 30.1 Å². The number of aliphatic imine (C=N–C) groups is 1. The third kappa shape index (κ3) is 9.10.